The van der Waals surface area contributed by atoms with Crippen molar-refractivity contribution >= 4 is 5.97 Å². The maximum atomic E-state index is 12.2. The summed E-state index contributed by atoms with van der Waals surface area (Å²) in [6.45, 7) is 9.17. The molecule has 2 heteroatoms. The van der Waals surface area contributed by atoms with E-state index in [-0.39, 0.29) is 11.4 Å². The maximum absolute atomic E-state index is 12.2. The van der Waals surface area contributed by atoms with Gasteiger partial charge in [0.2, 0.25) is 0 Å². The molecule has 1 atom stereocenters. The molecule has 0 heterocycles. The molecule has 0 saturated heterocycles. The van der Waals surface area contributed by atoms with Crippen LogP contribution in [0.15, 0.2) is 0 Å². The Hall–Kier alpha value is -0.530. The van der Waals surface area contributed by atoms with E-state index in [4.69, 9.17) is 4.74 Å². The molecule has 0 aliphatic carbocycles. The van der Waals surface area contributed by atoms with E-state index in [1.807, 2.05) is 0 Å². The van der Waals surface area contributed by atoms with Crippen molar-refractivity contribution in [3.05, 3.63) is 0 Å². The zero-order valence-corrected chi connectivity index (χ0v) is 15.0. The van der Waals surface area contributed by atoms with Gasteiger partial charge in [0.15, 0.2) is 0 Å². The number of esters is 1. The standard InChI is InChI=1S/C19H38O2/c1-5-8-10-11-12-13-14-15-17-21-18(20)19(4,7-3)16-9-6-2/h5-17H2,1-4H3. The summed E-state index contributed by atoms with van der Waals surface area (Å²) >= 11 is 0. The van der Waals surface area contributed by atoms with Gasteiger partial charge in [-0.1, -0.05) is 78.6 Å². The summed E-state index contributed by atoms with van der Waals surface area (Å²) in [5.74, 6) is 0.0152. The van der Waals surface area contributed by atoms with Gasteiger partial charge < -0.3 is 4.74 Å². The van der Waals surface area contributed by atoms with E-state index in [1.54, 1.807) is 0 Å². The first-order valence-corrected chi connectivity index (χ1v) is 9.28. The van der Waals surface area contributed by atoms with Crippen LogP contribution in [0, 0.1) is 5.41 Å². The molecule has 0 aromatic rings. The third-order valence-electron chi connectivity index (χ3n) is 4.59. The van der Waals surface area contributed by atoms with Gasteiger partial charge in [-0.15, -0.1) is 0 Å². The van der Waals surface area contributed by atoms with Crippen molar-refractivity contribution in [1.29, 1.82) is 0 Å². The minimum absolute atomic E-state index is 0.0152. The lowest BCUT2D eigenvalue weighted by molar-refractivity contribution is -0.155. The predicted molar refractivity (Wildman–Crippen MR) is 91.5 cm³/mol. The molecule has 0 aromatic heterocycles. The van der Waals surface area contributed by atoms with E-state index in [1.165, 1.54) is 44.9 Å². The summed E-state index contributed by atoms with van der Waals surface area (Å²) < 4.78 is 5.50. The Balaban J connectivity index is 3.64. The Morgan fingerprint density at radius 1 is 0.810 bits per heavy atom. The zero-order chi connectivity index (χ0) is 16.0. The summed E-state index contributed by atoms with van der Waals surface area (Å²) in [4.78, 5) is 12.2. The monoisotopic (exact) mass is 298 g/mol. The maximum Gasteiger partial charge on any atom is 0.311 e. The van der Waals surface area contributed by atoms with E-state index in [2.05, 4.69) is 27.7 Å². The molecule has 0 saturated carbocycles. The minimum atomic E-state index is -0.268. The van der Waals surface area contributed by atoms with Gasteiger partial charge in [0, 0.05) is 0 Å². The Morgan fingerprint density at radius 2 is 1.33 bits per heavy atom. The molecular formula is C19H38O2. The van der Waals surface area contributed by atoms with Gasteiger partial charge in [-0.2, -0.15) is 0 Å². The molecule has 2 nitrogen and oxygen atoms in total. The lowest BCUT2D eigenvalue weighted by atomic mass is 9.82. The topological polar surface area (TPSA) is 26.3 Å². The average Bonchev–Trinajstić information content (AvgIpc) is 2.50. The number of unbranched alkanes of at least 4 members (excludes halogenated alkanes) is 8. The van der Waals surface area contributed by atoms with Gasteiger partial charge in [-0.05, 0) is 26.2 Å². The summed E-state index contributed by atoms with van der Waals surface area (Å²) in [7, 11) is 0. The van der Waals surface area contributed by atoms with Crippen LogP contribution in [0.2, 0.25) is 0 Å². The fraction of sp³-hybridized carbons (Fsp3) is 0.947. The molecule has 0 aliphatic rings. The molecular weight excluding hydrogens is 260 g/mol. The molecule has 0 fully saturated rings. The van der Waals surface area contributed by atoms with Gasteiger partial charge >= 0.3 is 5.97 Å². The molecule has 0 radical (unpaired) electrons. The lowest BCUT2D eigenvalue weighted by Gasteiger charge is -2.25. The van der Waals surface area contributed by atoms with Crippen molar-refractivity contribution in [2.45, 2.75) is 105 Å². The number of hydrogen-bond donors (Lipinski definition) is 0. The third kappa shape index (κ3) is 9.92. The van der Waals surface area contributed by atoms with E-state index in [0.717, 1.165) is 32.1 Å². The SMILES string of the molecule is CCCCCCCCCCOC(=O)C(C)(CC)CCCC. The van der Waals surface area contributed by atoms with Crippen LogP contribution >= 0.6 is 0 Å². The number of hydrogen-bond acceptors (Lipinski definition) is 2. The second-order valence-corrected chi connectivity index (χ2v) is 6.63. The average molecular weight is 299 g/mol. The van der Waals surface area contributed by atoms with Crippen molar-refractivity contribution in [3.8, 4) is 0 Å². The highest BCUT2D eigenvalue weighted by Gasteiger charge is 2.31. The van der Waals surface area contributed by atoms with Crippen LogP contribution in [0.1, 0.15) is 105 Å². The third-order valence-corrected chi connectivity index (χ3v) is 4.59. The highest BCUT2D eigenvalue weighted by atomic mass is 16.5. The molecule has 0 spiro atoms. The molecule has 0 bridgehead atoms. The van der Waals surface area contributed by atoms with E-state index >= 15 is 0 Å². The quantitative estimate of drug-likeness (QED) is 0.279. The van der Waals surface area contributed by atoms with Crippen molar-refractivity contribution in [2.75, 3.05) is 6.61 Å². The summed E-state index contributed by atoms with van der Waals surface area (Å²) in [6.07, 6.45) is 14.3. The largest absolute Gasteiger partial charge is 0.465 e. The van der Waals surface area contributed by atoms with Gasteiger partial charge in [0.1, 0.15) is 0 Å². The smallest absolute Gasteiger partial charge is 0.311 e. The van der Waals surface area contributed by atoms with E-state index < -0.39 is 0 Å². The van der Waals surface area contributed by atoms with Gasteiger partial charge in [0.25, 0.3) is 0 Å². The first-order valence-electron chi connectivity index (χ1n) is 9.28. The van der Waals surface area contributed by atoms with Crippen LogP contribution in [-0.4, -0.2) is 12.6 Å². The Labute approximate surface area is 133 Å². The highest BCUT2D eigenvalue weighted by molar-refractivity contribution is 5.76. The second kappa shape index (κ2) is 13.2. The first-order chi connectivity index (χ1) is 10.1. The normalized spacial score (nSPS) is 13.9. The van der Waals surface area contributed by atoms with Crippen molar-refractivity contribution in [3.63, 3.8) is 0 Å². The van der Waals surface area contributed by atoms with Crippen LogP contribution in [0.3, 0.4) is 0 Å². The van der Waals surface area contributed by atoms with Crippen molar-refractivity contribution in [2.24, 2.45) is 5.41 Å². The van der Waals surface area contributed by atoms with Gasteiger partial charge in [0.05, 0.1) is 12.0 Å². The summed E-state index contributed by atoms with van der Waals surface area (Å²) in [5.41, 5.74) is -0.268. The second-order valence-electron chi connectivity index (χ2n) is 6.63. The Kier molecular flexibility index (Phi) is 12.8. The van der Waals surface area contributed by atoms with E-state index in [0.29, 0.717) is 6.61 Å². The fourth-order valence-corrected chi connectivity index (χ4v) is 2.57. The van der Waals surface area contributed by atoms with Crippen LogP contribution < -0.4 is 0 Å². The van der Waals surface area contributed by atoms with Gasteiger partial charge in [-0.3, -0.25) is 4.79 Å². The summed E-state index contributed by atoms with van der Waals surface area (Å²) in [5, 5.41) is 0. The molecule has 0 amide bonds. The molecule has 0 rings (SSSR count). The molecule has 1 unspecified atom stereocenters. The molecule has 0 aliphatic heterocycles. The van der Waals surface area contributed by atoms with Crippen LogP contribution in [-0.2, 0) is 9.53 Å². The highest BCUT2D eigenvalue weighted by Crippen LogP contribution is 2.29. The summed E-state index contributed by atoms with van der Waals surface area (Å²) in [6, 6.07) is 0. The number of rotatable bonds is 14. The lowest BCUT2D eigenvalue weighted by Crippen LogP contribution is -2.29. The molecule has 0 N–H and O–H groups in total. The number of ether oxygens (including phenoxy) is 1. The van der Waals surface area contributed by atoms with Gasteiger partial charge in [-0.25, -0.2) is 0 Å². The number of carbonyl (C=O) groups is 1. The molecule has 126 valence electrons. The fourth-order valence-electron chi connectivity index (χ4n) is 2.57. The minimum Gasteiger partial charge on any atom is -0.465 e. The van der Waals surface area contributed by atoms with E-state index in [9.17, 15) is 4.79 Å². The molecule has 0 aromatic carbocycles. The number of carbonyl (C=O) groups excluding carboxylic acids is 1. The zero-order valence-electron chi connectivity index (χ0n) is 15.0. The van der Waals surface area contributed by atoms with Crippen LogP contribution in [0.5, 0.6) is 0 Å². The first kappa shape index (κ1) is 20.5. The van der Waals surface area contributed by atoms with Crippen molar-refractivity contribution in [1.82, 2.24) is 0 Å². The van der Waals surface area contributed by atoms with Crippen LogP contribution in [0.25, 0.3) is 0 Å². The predicted octanol–water partition coefficient (Wildman–Crippen LogP) is 6.28. The van der Waals surface area contributed by atoms with Crippen LogP contribution in [0.4, 0.5) is 0 Å². The Morgan fingerprint density at radius 3 is 1.86 bits per heavy atom. The molecule has 21 heavy (non-hydrogen) atoms. The Bertz CT molecular complexity index is 250. The van der Waals surface area contributed by atoms with Crippen molar-refractivity contribution < 1.29 is 9.53 Å².